The summed E-state index contributed by atoms with van der Waals surface area (Å²) in [6.45, 7) is 0.491. The maximum atomic E-state index is 5.89. The van der Waals surface area contributed by atoms with Crippen molar-refractivity contribution >= 4 is 17.3 Å². The molecule has 0 aliphatic heterocycles. The van der Waals surface area contributed by atoms with Crippen molar-refractivity contribution in [2.45, 2.75) is 6.61 Å². The Bertz CT molecular complexity index is 471. The molecule has 2 nitrogen and oxygen atoms in total. The zero-order valence-electron chi connectivity index (χ0n) is 8.69. The molecule has 16 heavy (non-hydrogen) atoms. The molecule has 2 N–H and O–H groups in total. The monoisotopic (exact) mass is 233 g/mol. The van der Waals surface area contributed by atoms with Crippen LogP contribution in [0, 0.1) is 0 Å². The Labute approximate surface area is 99.6 Å². The molecule has 0 spiro atoms. The highest BCUT2D eigenvalue weighted by molar-refractivity contribution is 6.33. The van der Waals surface area contributed by atoms with Crippen molar-refractivity contribution in [2.24, 2.45) is 0 Å². The highest BCUT2D eigenvalue weighted by Crippen LogP contribution is 2.29. The van der Waals surface area contributed by atoms with Crippen molar-refractivity contribution in [3.63, 3.8) is 0 Å². The minimum atomic E-state index is 0.486. The Morgan fingerprint density at radius 1 is 1.00 bits per heavy atom. The van der Waals surface area contributed by atoms with E-state index in [9.17, 15) is 0 Å². The first-order chi connectivity index (χ1) is 7.77. The molecule has 0 bridgehead atoms. The van der Waals surface area contributed by atoms with Gasteiger partial charge in [0.1, 0.15) is 12.4 Å². The minimum Gasteiger partial charge on any atom is -0.487 e. The van der Waals surface area contributed by atoms with Crippen LogP contribution in [0.2, 0.25) is 5.02 Å². The summed E-state index contributed by atoms with van der Waals surface area (Å²) in [7, 11) is 0. The van der Waals surface area contributed by atoms with Crippen LogP contribution in [0.4, 0.5) is 5.69 Å². The summed E-state index contributed by atoms with van der Waals surface area (Å²) in [6.07, 6.45) is 0. The van der Waals surface area contributed by atoms with Crippen molar-refractivity contribution in [1.29, 1.82) is 0 Å². The molecule has 2 aromatic carbocycles. The molecular weight excluding hydrogens is 222 g/mol. The number of hydrogen-bond donors (Lipinski definition) is 1. The van der Waals surface area contributed by atoms with Crippen LogP contribution in [0.3, 0.4) is 0 Å². The fraction of sp³-hybridized carbons (Fsp3) is 0.0769. The van der Waals surface area contributed by atoms with Gasteiger partial charge in [-0.2, -0.15) is 0 Å². The molecule has 2 rings (SSSR count). The molecule has 0 aliphatic carbocycles. The van der Waals surface area contributed by atoms with E-state index in [-0.39, 0.29) is 0 Å². The van der Waals surface area contributed by atoms with Crippen LogP contribution in [-0.4, -0.2) is 0 Å². The Morgan fingerprint density at radius 3 is 2.50 bits per heavy atom. The minimum absolute atomic E-state index is 0.486. The molecule has 0 amide bonds. The number of anilines is 1. The van der Waals surface area contributed by atoms with E-state index in [1.54, 1.807) is 6.07 Å². The van der Waals surface area contributed by atoms with Crippen molar-refractivity contribution in [2.75, 3.05) is 5.73 Å². The predicted octanol–water partition coefficient (Wildman–Crippen LogP) is 3.50. The van der Waals surface area contributed by atoms with E-state index in [1.807, 2.05) is 42.5 Å². The lowest BCUT2D eigenvalue weighted by Crippen LogP contribution is -1.98. The summed E-state index contributed by atoms with van der Waals surface area (Å²) in [5, 5.41) is 0.519. The van der Waals surface area contributed by atoms with Gasteiger partial charge >= 0.3 is 0 Å². The number of para-hydroxylation sites is 1. The number of benzene rings is 2. The standard InChI is InChI=1S/C13H12ClNO/c14-11-7-4-8-12(13(11)15)16-9-10-5-2-1-3-6-10/h1-8H,9,15H2. The van der Waals surface area contributed by atoms with Gasteiger partial charge in [-0.3, -0.25) is 0 Å². The van der Waals surface area contributed by atoms with Gasteiger partial charge in [-0.15, -0.1) is 0 Å². The average Bonchev–Trinajstić information content (AvgIpc) is 2.32. The van der Waals surface area contributed by atoms with E-state index < -0.39 is 0 Å². The van der Waals surface area contributed by atoms with Gasteiger partial charge in [-0.25, -0.2) is 0 Å². The van der Waals surface area contributed by atoms with E-state index >= 15 is 0 Å². The van der Waals surface area contributed by atoms with E-state index in [2.05, 4.69) is 0 Å². The van der Waals surface area contributed by atoms with E-state index in [0.29, 0.717) is 23.1 Å². The summed E-state index contributed by atoms with van der Waals surface area (Å²) in [4.78, 5) is 0. The third-order valence-corrected chi connectivity index (χ3v) is 2.58. The predicted molar refractivity (Wildman–Crippen MR) is 66.6 cm³/mol. The van der Waals surface area contributed by atoms with E-state index in [4.69, 9.17) is 22.1 Å². The molecule has 2 aromatic rings. The number of rotatable bonds is 3. The quantitative estimate of drug-likeness (QED) is 0.824. The Hall–Kier alpha value is -1.67. The Balaban J connectivity index is 2.08. The summed E-state index contributed by atoms with van der Waals surface area (Å²) in [5.41, 5.74) is 7.37. The van der Waals surface area contributed by atoms with Gasteiger partial charge < -0.3 is 10.5 Å². The van der Waals surface area contributed by atoms with Gasteiger partial charge in [0, 0.05) is 0 Å². The highest BCUT2D eigenvalue weighted by Gasteiger charge is 2.03. The number of hydrogen-bond acceptors (Lipinski definition) is 2. The largest absolute Gasteiger partial charge is 0.487 e. The first-order valence-electron chi connectivity index (χ1n) is 4.98. The number of halogens is 1. The molecule has 0 fully saturated rings. The first kappa shape index (κ1) is 10.8. The van der Waals surface area contributed by atoms with E-state index in [1.165, 1.54) is 0 Å². The Kier molecular flexibility index (Phi) is 3.32. The van der Waals surface area contributed by atoms with Gasteiger partial charge in [-0.1, -0.05) is 48.0 Å². The van der Waals surface area contributed by atoms with Gasteiger partial charge in [0.2, 0.25) is 0 Å². The van der Waals surface area contributed by atoms with Crippen LogP contribution in [0.5, 0.6) is 5.75 Å². The van der Waals surface area contributed by atoms with Crippen LogP contribution in [0.25, 0.3) is 0 Å². The SMILES string of the molecule is Nc1c(Cl)cccc1OCc1ccccc1. The molecule has 3 heteroatoms. The first-order valence-corrected chi connectivity index (χ1v) is 5.36. The normalized spacial score (nSPS) is 10.1. The molecule has 0 aliphatic rings. The van der Waals surface area contributed by atoms with Gasteiger partial charge in [0.25, 0.3) is 0 Å². The zero-order chi connectivity index (χ0) is 11.4. The fourth-order valence-electron chi connectivity index (χ4n) is 1.38. The van der Waals surface area contributed by atoms with Gasteiger partial charge in [0.05, 0.1) is 10.7 Å². The van der Waals surface area contributed by atoms with Crippen LogP contribution in [0.15, 0.2) is 48.5 Å². The van der Waals surface area contributed by atoms with Crippen LogP contribution in [0.1, 0.15) is 5.56 Å². The topological polar surface area (TPSA) is 35.2 Å². The third kappa shape index (κ3) is 2.47. The lowest BCUT2D eigenvalue weighted by molar-refractivity contribution is 0.308. The molecule has 0 saturated carbocycles. The highest BCUT2D eigenvalue weighted by atomic mass is 35.5. The van der Waals surface area contributed by atoms with Crippen LogP contribution in [-0.2, 0) is 6.61 Å². The summed E-state index contributed by atoms with van der Waals surface area (Å²) < 4.78 is 5.59. The van der Waals surface area contributed by atoms with Crippen LogP contribution >= 0.6 is 11.6 Å². The van der Waals surface area contributed by atoms with Crippen molar-refractivity contribution in [1.82, 2.24) is 0 Å². The van der Waals surface area contributed by atoms with E-state index in [0.717, 1.165) is 5.56 Å². The molecule has 0 aromatic heterocycles. The molecule has 0 saturated heterocycles. The number of nitrogen functional groups attached to an aromatic ring is 1. The average molecular weight is 234 g/mol. The molecule has 0 unspecified atom stereocenters. The van der Waals surface area contributed by atoms with Crippen molar-refractivity contribution in [3.8, 4) is 5.75 Å². The van der Waals surface area contributed by atoms with Crippen LogP contribution < -0.4 is 10.5 Å². The Morgan fingerprint density at radius 2 is 1.75 bits per heavy atom. The zero-order valence-corrected chi connectivity index (χ0v) is 9.45. The maximum absolute atomic E-state index is 5.89. The van der Waals surface area contributed by atoms with Gasteiger partial charge in [0.15, 0.2) is 0 Å². The smallest absolute Gasteiger partial charge is 0.144 e. The molecular formula is C13H12ClNO. The molecule has 0 heterocycles. The summed E-state index contributed by atoms with van der Waals surface area (Å²) in [6, 6.07) is 15.3. The molecule has 82 valence electrons. The number of nitrogens with two attached hydrogens (primary N) is 1. The lowest BCUT2D eigenvalue weighted by atomic mass is 10.2. The lowest BCUT2D eigenvalue weighted by Gasteiger charge is -2.09. The fourth-order valence-corrected chi connectivity index (χ4v) is 1.54. The molecule has 0 radical (unpaired) electrons. The molecule has 0 atom stereocenters. The summed E-state index contributed by atoms with van der Waals surface area (Å²) >= 11 is 5.89. The second-order valence-corrected chi connectivity index (χ2v) is 3.83. The van der Waals surface area contributed by atoms with Gasteiger partial charge in [-0.05, 0) is 17.7 Å². The van der Waals surface area contributed by atoms with Crippen molar-refractivity contribution < 1.29 is 4.74 Å². The van der Waals surface area contributed by atoms with Crippen molar-refractivity contribution in [3.05, 3.63) is 59.1 Å². The third-order valence-electron chi connectivity index (χ3n) is 2.25. The number of ether oxygens (including phenoxy) is 1. The maximum Gasteiger partial charge on any atom is 0.144 e. The summed E-state index contributed by atoms with van der Waals surface area (Å²) in [5.74, 6) is 0.622. The second kappa shape index (κ2) is 4.90. The second-order valence-electron chi connectivity index (χ2n) is 3.43.